The first-order valence-corrected chi connectivity index (χ1v) is 15.9. The van der Waals surface area contributed by atoms with Crippen molar-refractivity contribution in [3.63, 3.8) is 0 Å². The van der Waals surface area contributed by atoms with Gasteiger partial charge in [-0.05, 0) is 93.3 Å². The fourth-order valence-electron chi connectivity index (χ4n) is 7.16. The van der Waals surface area contributed by atoms with Crippen LogP contribution in [0.25, 0.3) is 76.5 Å². The Hall–Kier alpha value is -6.32. The van der Waals surface area contributed by atoms with Crippen LogP contribution in [0.2, 0.25) is 0 Å². The van der Waals surface area contributed by atoms with Gasteiger partial charge in [0.2, 0.25) is 0 Å². The minimum atomic E-state index is 0.869. The zero-order chi connectivity index (χ0) is 30.9. The molecule has 0 radical (unpaired) electrons. The van der Waals surface area contributed by atoms with Crippen LogP contribution in [0.5, 0.6) is 0 Å². The standard InChI is InChI=1S/C44H27NO2/c1-2-10-35-28(8-1)9-7-13-36(35)29-16-19-32(20-17-29)45(34-22-23-39-37-11-3-5-14-41(37)47-44(39)27-34)33-21-18-30-26-43-40(25-31(30)24-33)38-12-4-6-15-42(38)46-43/h1-27H. The van der Waals surface area contributed by atoms with Crippen LogP contribution in [0.1, 0.15) is 0 Å². The number of nitrogens with zero attached hydrogens (tertiary/aromatic N) is 1. The van der Waals surface area contributed by atoms with Gasteiger partial charge in [0.25, 0.3) is 0 Å². The van der Waals surface area contributed by atoms with Crippen LogP contribution in [0, 0.1) is 0 Å². The van der Waals surface area contributed by atoms with Gasteiger partial charge in [0.15, 0.2) is 0 Å². The Balaban J connectivity index is 1.15. The van der Waals surface area contributed by atoms with E-state index in [0.717, 1.165) is 71.7 Å². The monoisotopic (exact) mass is 601 g/mol. The first kappa shape index (κ1) is 26.0. The van der Waals surface area contributed by atoms with E-state index >= 15 is 0 Å². The SMILES string of the molecule is c1ccc2c(-c3ccc(N(c4ccc5cc6oc7ccccc7c6cc5c4)c4ccc5c(c4)oc4ccccc45)cc3)cccc2c1. The van der Waals surface area contributed by atoms with Gasteiger partial charge >= 0.3 is 0 Å². The van der Waals surface area contributed by atoms with Crippen molar-refractivity contribution in [3.05, 3.63) is 164 Å². The summed E-state index contributed by atoms with van der Waals surface area (Å²) in [5.41, 5.74) is 9.16. The highest BCUT2D eigenvalue weighted by Crippen LogP contribution is 2.41. The van der Waals surface area contributed by atoms with Crippen molar-refractivity contribution in [2.24, 2.45) is 0 Å². The minimum absolute atomic E-state index is 0.869. The Kier molecular flexibility index (Phi) is 5.57. The lowest BCUT2D eigenvalue weighted by Crippen LogP contribution is -2.09. The third-order valence-corrected chi connectivity index (χ3v) is 9.42. The molecule has 0 aliphatic carbocycles. The van der Waals surface area contributed by atoms with Crippen LogP contribution >= 0.6 is 0 Å². The largest absolute Gasteiger partial charge is 0.456 e. The van der Waals surface area contributed by atoms with Crippen LogP contribution in [0.3, 0.4) is 0 Å². The predicted molar refractivity (Wildman–Crippen MR) is 196 cm³/mol. The van der Waals surface area contributed by atoms with E-state index in [0.29, 0.717) is 0 Å². The van der Waals surface area contributed by atoms with E-state index in [-0.39, 0.29) is 0 Å². The van der Waals surface area contributed by atoms with E-state index in [1.165, 1.54) is 21.9 Å². The molecule has 0 spiro atoms. The molecule has 0 N–H and O–H groups in total. The highest BCUT2D eigenvalue weighted by atomic mass is 16.3. The van der Waals surface area contributed by atoms with E-state index in [1.54, 1.807) is 0 Å². The molecule has 220 valence electrons. The zero-order valence-corrected chi connectivity index (χ0v) is 25.4. The van der Waals surface area contributed by atoms with E-state index in [9.17, 15) is 0 Å². The molecule has 10 aromatic rings. The van der Waals surface area contributed by atoms with Crippen molar-refractivity contribution in [2.45, 2.75) is 0 Å². The molecule has 0 aliphatic rings. The Morgan fingerprint density at radius 2 is 0.915 bits per heavy atom. The summed E-state index contributed by atoms with van der Waals surface area (Å²) in [6, 6.07) is 58.0. The van der Waals surface area contributed by atoms with Gasteiger partial charge in [-0.25, -0.2) is 0 Å². The number of furan rings is 2. The molecule has 0 fully saturated rings. The topological polar surface area (TPSA) is 29.5 Å². The van der Waals surface area contributed by atoms with Gasteiger partial charge in [0, 0.05) is 44.7 Å². The lowest BCUT2D eigenvalue weighted by atomic mass is 9.98. The highest BCUT2D eigenvalue weighted by molar-refractivity contribution is 6.11. The maximum atomic E-state index is 6.35. The maximum Gasteiger partial charge on any atom is 0.137 e. The number of para-hydroxylation sites is 2. The Labute approximate surface area is 270 Å². The average Bonchev–Trinajstić information content (AvgIpc) is 3.68. The summed E-state index contributed by atoms with van der Waals surface area (Å²) in [7, 11) is 0. The Morgan fingerprint density at radius 1 is 0.319 bits per heavy atom. The smallest absolute Gasteiger partial charge is 0.137 e. The summed E-state index contributed by atoms with van der Waals surface area (Å²) >= 11 is 0. The van der Waals surface area contributed by atoms with Gasteiger partial charge in [-0.15, -0.1) is 0 Å². The second-order valence-corrected chi connectivity index (χ2v) is 12.2. The van der Waals surface area contributed by atoms with Crippen molar-refractivity contribution in [2.75, 3.05) is 4.90 Å². The minimum Gasteiger partial charge on any atom is -0.456 e. The molecule has 3 nitrogen and oxygen atoms in total. The number of fused-ring (bicyclic) bond motifs is 8. The first-order valence-electron chi connectivity index (χ1n) is 15.9. The maximum absolute atomic E-state index is 6.35. The molecule has 0 saturated carbocycles. The Bertz CT molecular complexity index is 2800. The van der Waals surface area contributed by atoms with Crippen molar-refractivity contribution in [1.82, 2.24) is 0 Å². The summed E-state index contributed by atoms with van der Waals surface area (Å²) in [5.74, 6) is 0. The number of anilines is 3. The quantitative estimate of drug-likeness (QED) is 0.201. The van der Waals surface area contributed by atoms with Crippen LogP contribution < -0.4 is 4.90 Å². The van der Waals surface area contributed by atoms with E-state index < -0.39 is 0 Å². The van der Waals surface area contributed by atoms with E-state index in [2.05, 4.69) is 144 Å². The number of hydrogen-bond acceptors (Lipinski definition) is 3. The molecule has 2 aromatic heterocycles. The normalized spacial score (nSPS) is 11.8. The van der Waals surface area contributed by atoms with Gasteiger partial charge in [-0.2, -0.15) is 0 Å². The predicted octanol–water partition coefficient (Wildman–Crippen LogP) is 12.9. The number of hydrogen-bond donors (Lipinski definition) is 0. The molecule has 0 saturated heterocycles. The second kappa shape index (κ2) is 10.1. The van der Waals surface area contributed by atoms with Crippen molar-refractivity contribution < 1.29 is 8.83 Å². The van der Waals surface area contributed by atoms with E-state index in [4.69, 9.17) is 8.83 Å². The van der Waals surface area contributed by atoms with Gasteiger partial charge in [0.05, 0.1) is 0 Å². The van der Waals surface area contributed by atoms with Crippen LogP contribution in [-0.4, -0.2) is 0 Å². The summed E-state index contributed by atoms with van der Waals surface area (Å²) in [4.78, 5) is 2.32. The van der Waals surface area contributed by atoms with Crippen LogP contribution in [-0.2, 0) is 0 Å². The molecule has 0 atom stereocenters. The molecular weight excluding hydrogens is 574 g/mol. The lowest BCUT2D eigenvalue weighted by molar-refractivity contribution is 0.668. The second-order valence-electron chi connectivity index (χ2n) is 12.2. The molecule has 0 aliphatic heterocycles. The summed E-state index contributed by atoms with van der Waals surface area (Å²) in [6.45, 7) is 0. The van der Waals surface area contributed by atoms with Crippen molar-refractivity contribution in [1.29, 1.82) is 0 Å². The molecule has 3 heteroatoms. The zero-order valence-electron chi connectivity index (χ0n) is 25.4. The Morgan fingerprint density at radius 3 is 1.72 bits per heavy atom. The third kappa shape index (κ3) is 4.14. The first-order chi connectivity index (χ1) is 23.3. The third-order valence-electron chi connectivity index (χ3n) is 9.42. The molecular formula is C44H27NO2. The van der Waals surface area contributed by atoms with Gasteiger partial charge in [0.1, 0.15) is 22.3 Å². The number of benzene rings is 8. The highest BCUT2D eigenvalue weighted by Gasteiger charge is 2.17. The van der Waals surface area contributed by atoms with Crippen LogP contribution in [0.15, 0.2) is 173 Å². The molecule has 47 heavy (non-hydrogen) atoms. The number of rotatable bonds is 4. The lowest BCUT2D eigenvalue weighted by Gasteiger charge is -2.26. The molecule has 2 heterocycles. The van der Waals surface area contributed by atoms with Gasteiger partial charge < -0.3 is 13.7 Å². The van der Waals surface area contributed by atoms with Crippen molar-refractivity contribution in [3.8, 4) is 11.1 Å². The van der Waals surface area contributed by atoms with Crippen LogP contribution in [0.4, 0.5) is 17.1 Å². The average molecular weight is 602 g/mol. The molecule has 0 unspecified atom stereocenters. The fraction of sp³-hybridized carbons (Fsp3) is 0. The molecule has 8 aromatic carbocycles. The van der Waals surface area contributed by atoms with Gasteiger partial charge in [-0.3, -0.25) is 0 Å². The van der Waals surface area contributed by atoms with Crippen molar-refractivity contribution >= 4 is 82.5 Å². The van der Waals surface area contributed by atoms with E-state index in [1.807, 2.05) is 24.3 Å². The molecule has 10 rings (SSSR count). The fourth-order valence-corrected chi connectivity index (χ4v) is 7.16. The summed E-state index contributed by atoms with van der Waals surface area (Å²) < 4.78 is 12.5. The summed E-state index contributed by atoms with van der Waals surface area (Å²) in [6.07, 6.45) is 0. The molecule has 0 amide bonds. The summed E-state index contributed by atoms with van der Waals surface area (Å²) in [5, 5.41) is 9.28. The molecule has 0 bridgehead atoms. The van der Waals surface area contributed by atoms with Gasteiger partial charge in [-0.1, -0.05) is 97.1 Å².